The van der Waals surface area contributed by atoms with E-state index in [1.165, 1.54) is 0 Å². The highest BCUT2D eigenvalue weighted by Crippen LogP contribution is 2.16. The number of benzene rings is 1. The van der Waals surface area contributed by atoms with Crippen LogP contribution in [0, 0.1) is 13.8 Å². The molecule has 16 heavy (non-hydrogen) atoms. The van der Waals surface area contributed by atoms with Crippen LogP contribution in [0.3, 0.4) is 0 Å². The molecular weight excluding hydrogens is 222 g/mol. The van der Waals surface area contributed by atoms with E-state index in [9.17, 15) is 0 Å². The molecule has 0 spiro atoms. The van der Waals surface area contributed by atoms with Gasteiger partial charge in [0.2, 0.25) is 0 Å². The molecule has 0 atom stereocenters. The maximum absolute atomic E-state index is 6.09. The van der Waals surface area contributed by atoms with Crippen molar-refractivity contribution in [3.8, 4) is 0 Å². The van der Waals surface area contributed by atoms with E-state index in [0.29, 0.717) is 0 Å². The van der Waals surface area contributed by atoms with Crippen molar-refractivity contribution < 1.29 is 0 Å². The Morgan fingerprint density at radius 2 is 2.00 bits per heavy atom. The zero-order valence-electron chi connectivity index (χ0n) is 9.44. The molecule has 0 bridgehead atoms. The molecule has 2 aromatic rings. The maximum Gasteiger partial charge on any atom is 0.147 e. The third-order valence-electron chi connectivity index (χ3n) is 2.51. The molecule has 0 unspecified atom stereocenters. The van der Waals surface area contributed by atoms with Crippen molar-refractivity contribution in [2.45, 2.75) is 26.8 Å². The molecule has 0 N–H and O–H groups in total. The molecule has 0 saturated heterocycles. The molecule has 0 amide bonds. The minimum absolute atomic E-state index is 0.816. The highest BCUT2D eigenvalue weighted by atomic mass is 35.5. The van der Waals surface area contributed by atoms with Gasteiger partial charge in [0.15, 0.2) is 0 Å². The molecule has 0 radical (unpaired) electrons. The highest BCUT2D eigenvalue weighted by Gasteiger charge is 2.04. The first-order valence-corrected chi connectivity index (χ1v) is 5.66. The minimum Gasteiger partial charge on any atom is -0.250 e. The van der Waals surface area contributed by atoms with Crippen LogP contribution in [0.1, 0.15) is 17.2 Å². The van der Waals surface area contributed by atoms with E-state index < -0.39 is 0 Å². The summed E-state index contributed by atoms with van der Waals surface area (Å²) in [6.45, 7) is 4.68. The first-order valence-electron chi connectivity index (χ1n) is 5.28. The van der Waals surface area contributed by atoms with E-state index >= 15 is 0 Å². The van der Waals surface area contributed by atoms with Gasteiger partial charge in [-0.1, -0.05) is 29.8 Å². The molecule has 2 rings (SSSR count). The Morgan fingerprint density at radius 1 is 1.25 bits per heavy atom. The predicted molar refractivity (Wildman–Crippen MR) is 64.7 cm³/mol. The van der Waals surface area contributed by atoms with Crippen LogP contribution in [0.2, 0.25) is 5.02 Å². The molecule has 84 valence electrons. The predicted octanol–water partition coefficient (Wildman–Crippen LogP) is 2.79. The largest absolute Gasteiger partial charge is 0.250 e. The Balaban J connectivity index is 2.08. The molecule has 0 aliphatic rings. The van der Waals surface area contributed by atoms with Gasteiger partial charge in [0.25, 0.3) is 0 Å². The van der Waals surface area contributed by atoms with Crippen LogP contribution in [-0.2, 0) is 13.0 Å². The normalized spacial score (nSPS) is 10.7. The van der Waals surface area contributed by atoms with Crippen LogP contribution in [0.25, 0.3) is 0 Å². The lowest BCUT2D eigenvalue weighted by molar-refractivity contribution is 0.592. The molecule has 3 nitrogen and oxygen atoms in total. The van der Waals surface area contributed by atoms with E-state index in [0.717, 1.165) is 35.2 Å². The Bertz CT molecular complexity index is 491. The maximum atomic E-state index is 6.09. The lowest BCUT2D eigenvalue weighted by Gasteiger charge is -2.05. The number of aryl methyl sites for hydroxylation is 4. The number of nitrogens with zero attached hydrogens (tertiary/aromatic N) is 3. The Morgan fingerprint density at radius 3 is 2.62 bits per heavy atom. The monoisotopic (exact) mass is 235 g/mol. The van der Waals surface area contributed by atoms with Crippen LogP contribution in [0.4, 0.5) is 0 Å². The fraction of sp³-hybridized carbons (Fsp3) is 0.333. The van der Waals surface area contributed by atoms with Gasteiger partial charge in [0.1, 0.15) is 11.6 Å². The second-order valence-corrected chi connectivity index (χ2v) is 4.18. The zero-order chi connectivity index (χ0) is 11.5. The van der Waals surface area contributed by atoms with Crippen LogP contribution in [0.15, 0.2) is 24.3 Å². The average Bonchev–Trinajstić information content (AvgIpc) is 2.56. The molecule has 0 aliphatic carbocycles. The summed E-state index contributed by atoms with van der Waals surface area (Å²) in [5.41, 5.74) is 1.15. The van der Waals surface area contributed by atoms with E-state index in [1.807, 2.05) is 42.8 Å². The molecular formula is C12H14ClN3. The van der Waals surface area contributed by atoms with Crippen LogP contribution < -0.4 is 0 Å². The number of aromatic nitrogens is 3. The van der Waals surface area contributed by atoms with E-state index in [1.54, 1.807) is 0 Å². The summed E-state index contributed by atoms with van der Waals surface area (Å²) in [7, 11) is 0. The standard InChI is InChI=1S/C12H14ClN3/c1-9-14-10(2)16(15-9)8-7-11-5-3-4-6-12(11)13/h3-6H,7-8H2,1-2H3. The summed E-state index contributed by atoms with van der Waals surface area (Å²) in [5, 5.41) is 5.13. The van der Waals surface area contributed by atoms with Gasteiger partial charge in [-0.15, -0.1) is 0 Å². The summed E-state index contributed by atoms with van der Waals surface area (Å²) < 4.78 is 1.92. The summed E-state index contributed by atoms with van der Waals surface area (Å²) >= 11 is 6.09. The van der Waals surface area contributed by atoms with Crippen molar-refractivity contribution in [3.63, 3.8) is 0 Å². The fourth-order valence-electron chi connectivity index (χ4n) is 1.70. The molecule has 0 aliphatic heterocycles. The summed E-state index contributed by atoms with van der Waals surface area (Å²) in [5.74, 6) is 1.77. The van der Waals surface area contributed by atoms with Gasteiger partial charge in [0, 0.05) is 11.6 Å². The van der Waals surface area contributed by atoms with Gasteiger partial charge >= 0.3 is 0 Å². The number of hydrogen-bond acceptors (Lipinski definition) is 2. The Hall–Kier alpha value is -1.35. The van der Waals surface area contributed by atoms with Gasteiger partial charge in [0.05, 0.1) is 0 Å². The summed E-state index contributed by atoms with van der Waals surface area (Å²) in [6.07, 6.45) is 0.878. The van der Waals surface area contributed by atoms with Crippen molar-refractivity contribution in [1.29, 1.82) is 0 Å². The average molecular weight is 236 g/mol. The minimum atomic E-state index is 0.816. The first kappa shape index (κ1) is 11.1. The molecule has 4 heteroatoms. The molecule has 1 aromatic carbocycles. The van der Waals surface area contributed by atoms with E-state index in [-0.39, 0.29) is 0 Å². The number of hydrogen-bond donors (Lipinski definition) is 0. The Kier molecular flexibility index (Phi) is 3.25. The lowest BCUT2D eigenvalue weighted by atomic mass is 10.1. The first-order chi connectivity index (χ1) is 7.66. The van der Waals surface area contributed by atoms with Crippen molar-refractivity contribution in [2.24, 2.45) is 0 Å². The zero-order valence-corrected chi connectivity index (χ0v) is 10.2. The molecule has 0 fully saturated rings. The summed E-state index contributed by atoms with van der Waals surface area (Å²) in [6, 6.07) is 7.90. The second-order valence-electron chi connectivity index (χ2n) is 3.77. The highest BCUT2D eigenvalue weighted by molar-refractivity contribution is 6.31. The Labute approximate surface area is 100 Å². The van der Waals surface area contributed by atoms with Gasteiger partial charge in [-0.2, -0.15) is 5.10 Å². The van der Waals surface area contributed by atoms with E-state index in [4.69, 9.17) is 11.6 Å². The van der Waals surface area contributed by atoms with Gasteiger partial charge in [-0.25, -0.2) is 9.67 Å². The van der Waals surface area contributed by atoms with Crippen molar-refractivity contribution >= 4 is 11.6 Å². The van der Waals surface area contributed by atoms with Crippen LogP contribution in [0.5, 0.6) is 0 Å². The van der Waals surface area contributed by atoms with Crippen LogP contribution >= 0.6 is 11.6 Å². The number of rotatable bonds is 3. The third kappa shape index (κ3) is 2.42. The molecule has 0 saturated carbocycles. The van der Waals surface area contributed by atoms with Crippen molar-refractivity contribution in [2.75, 3.05) is 0 Å². The topological polar surface area (TPSA) is 30.7 Å². The lowest BCUT2D eigenvalue weighted by Crippen LogP contribution is -2.05. The van der Waals surface area contributed by atoms with Crippen molar-refractivity contribution in [1.82, 2.24) is 14.8 Å². The molecule has 1 heterocycles. The number of halogens is 1. The van der Waals surface area contributed by atoms with E-state index in [2.05, 4.69) is 10.1 Å². The third-order valence-corrected chi connectivity index (χ3v) is 2.88. The SMILES string of the molecule is Cc1nc(C)n(CCc2ccccc2Cl)n1. The fourth-order valence-corrected chi connectivity index (χ4v) is 1.93. The van der Waals surface area contributed by atoms with Crippen molar-refractivity contribution in [3.05, 3.63) is 46.5 Å². The van der Waals surface area contributed by atoms with Gasteiger partial charge in [-0.3, -0.25) is 0 Å². The molecule has 1 aromatic heterocycles. The summed E-state index contributed by atoms with van der Waals surface area (Å²) in [4.78, 5) is 4.26. The van der Waals surface area contributed by atoms with Gasteiger partial charge in [-0.05, 0) is 31.9 Å². The smallest absolute Gasteiger partial charge is 0.147 e. The van der Waals surface area contributed by atoms with Gasteiger partial charge < -0.3 is 0 Å². The quantitative estimate of drug-likeness (QED) is 0.819. The van der Waals surface area contributed by atoms with Crippen LogP contribution in [-0.4, -0.2) is 14.8 Å². The second kappa shape index (κ2) is 4.66.